The Hall–Kier alpha value is -6.88. The van der Waals surface area contributed by atoms with E-state index in [1.54, 1.807) is 0 Å². The first-order valence-electron chi connectivity index (χ1n) is 18.2. The minimum Gasteiger partial charge on any atom is -0.309 e. The number of nitrogens with zero attached hydrogens (tertiary/aromatic N) is 3. The highest BCUT2D eigenvalue weighted by Crippen LogP contribution is 2.41. The van der Waals surface area contributed by atoms with E-state index in [0.717, 1.165) is 56.1 Å². The number of thiophene rings is 1. The minimum absolute atomic E-state index is 0.932. The molecule has 0 aliphatic rings. The molecule has 0 spiro atoms. The molecule has 0 unspecified atom stereocenters. The molecule has 0 amide bonds. The Labute approximate surface area is 316 Å². The first kappa shape index (κ1) is 30.7. The van der Waals surface area contributed by atoms with Crippen LogP contribution in [0.25, 0.3) is 103 Å². The number of hydrogen-bond acceptors (Lipinski definition) is 3. The Morgan fingerprint density at radius 2 is 0.889 bits per heavy atom. The van der Waals surface area contributed by atoms with Crippen LogP contribution in [-0.4, -0.2) is 14.5 Å². The lowest BCUT2D eigenvalue weighted by Gasteiger charge is -2.13. The summed E-state index contributed by atoms with van der Waals surface area (Å²) in [5.74, 6) is 0. The van der Waals surface area contributed by atoms with Gasteiger partial charge in [-0.05, 0) is 53.6 Å². The molecule has 0 atom stereocenters. The van der Waals surface area contributed by atoms with E-state index < -0.39 is 0 Å². The quantitative estimate of drug-likeness (QED) is 0.178. The van der Waals surface area contributed by atoms with Gasteiger partial charge in [-0.15, -0.1) is 11.3 Å². The van der Waals surface area contributed by atoms with E-state index >= 15 is 0 Å². The molecule has 0 fully saturated rings. The summed E-state index contributed by atoms with van der Waals surface area (Å²) < 4.78 is 4.86. The number of para-hydroxylation sites is 2. The van der Waals surface area contributed by atoms with Crippen LogP contribution in [0.5, 0.6) is 0 Å². The summed E-state index contributed by atoms with van der Waals surface area (Å²) in [7, 11) is 0. The van der Waals surface area contributed by atoms with Gasteiger partial charge < -0.3 is 4.57 Å². The van der Waals surface area contributed by atoms with Crippen molar-refractivity contribution in [3.63, 3.8) is 0 Å². The Balaban J connectivity index is 1.01. The maximum atomic E-state index is 5.32. The number of rotatable bonds is 5. The number of hydrogen-bond donors (Lipinski definition) is 0. The maximum Gasteiger partial charge on any atom is 0.0902 e. The Bertz CT molecular complexity index is 3140. The molecule has 252 valence electrons. The van der Waals surface area contributed by atoms with Gasteiger partial charge in [0.25, 0.3) is 0 Å². The normalized spacial score (nSPS) is 11.7. The third-order valence-electron chi connectivity index (χ3n) is 10.6. The molecule has 0 N–H and O–H groups in total. The summed E-state index contributed by atoms with van der Waals surface area (Å²) in [6.07, 6.45) is 0. The molecule has 4 aromatic heterocycles. The lowest BCUT2D eigenvalue weighted by molar-refractivity contribution is 1.18. The molecule has 0 aliphatic carbocycles. The van der Waals surface area contributed by atoms with Crippen molar-refractivity contribution in [3.8, 4) is 50.6 Å². The Kier molecular flexibility index (Phi) is 7.04. The van der Waals surface area contributed by atoms with E-state index in [9.17, 15) is 0 Å². The van der Waals surface area contributed by atoms with Crippen LogP contribution in [-0.2, 0) is 0 Å². The highest BCUT2D eigenvalue weighted by atomic mass is 32.1. The summed E-state index contributed by atoms with van der Waals surface area (Å²) in [6, 6.07) is 67.1. The van der Waals surface area contributed by atoms with E-state index in [2.05, 4.69) is 193 Å². The van der Waals surface area contributed by atoms with Crippen molar-refractivity contribution < 1.29 is 0 Å². The van der Waals surface area contributed by atoms with Crippen molar-refractivity contribution >= 4 is 64.2 Å². The zero-order valence-electron chi connectivity index (χ0n) is 29.1. The zero-order chi connectivity index (χ0) is 35.6. The number of fused-ring (bicyclic) bond motifs is 8. The molecule has 0 aliphatic heterocycles. The van der Waals surface area contributed by atoms with Crippen LogP contribution >= 0.6 is 11.3 Å². The highest BCUT2D eigenvalue weighted by molar-refractivity contribution is 7.26. The summed E-state index contributed by atoms with van der Waals surface area (Å²) in [5, 5.41) is 6.14. The molecule has 0 saturated carbocycles. The van der Waals surface area contributed by atoms with Gasteiger partial charge in [0.15, 0.2) is 0 Å². The van der Waals surface area contributed by atoms with E-state index in [1.165, 1.54) is 47.4 Å². The van der Waals surface area contributed by atoms with Crippen molar-refractivity contribution in [1.82, 2.24) is 14.5 Å². The summed E-state index contributed by atoms with van der Waals surface area (Å²) in [6.45, 7) is 0. The molecular formula is C50H31N3S. The Morgan fingerprint density at radius 1 is 0.370 bits per heavy atom. The van der Waals surface area contributed by atoms with Crippen molar-refractivity contribution in [1.29, 1.82) is 0 Å². The molecule has 3 nitrogen and oxygen atoms in total. The van der Waals surface area contributed by atoms with Crippen molar-refractivity contribution in [2.75, 3.05) is 0 Å². The van der Waals surface area contributed by atoms with Crippen LogP contribution < -0.4 is 0 Å². The molecule has 4 heterocycles. The molecule has 0 radical (unpaired) electrons. The van der Waals surface area contributed by atoms with E-state index in [4.69, 9.17) is 9.97 Å². The molecule has 0 saturated heterocycles. The van der Waals surface area contributed by atoms with Crippen molar-refractivity contribution in [2.45, 2.75) is 0 Å². The largest absolute Gasteiger partial charge is 0.309 e. The SMILES string of the molecule is c1ccc(-c2cc(-c3ccc(-c4nc5c6ccccc6sc5c5ccccc45)cc3)nc(-c3ccc(-n4c5ccccc5c5ccccc54)cc3)c2)cc1. The smallest absolute Gasteiger partial charge is 0.0902 e. The molecule has 54 heavy (non-hydrogen) atoms. The van der Waals surface area contributed by atoms with Crippen LogP contribution in [0, 0.1) is 0 Å². The number of aromatic nitrogens is 3. The van der Waals surface area contributed by atoms with Gasteiger partial charge in [-0.2, -0.15) is 0 Å². The van der Waals surface area contributed by atoms with E-state index in [1.807, 2.05) is 11.3 Å². The third-order valence-corrected chi connectivity index (χ3v) is 11.8. The van der Waals surface area contributed by atoms with Crippen LogP contribution in [0.4, 0.5) is 0 Å². The minimum atomic E-state index is 0.932. The van der Waals surface area contributed by atoms with Gasteiger partial charge >= 0.3 is 0 Å². The number of benzene rings is 7. The summed E-state index contributed by atoms with van der Waals surface area (Å²) >= 11 is 1.82. The standard InChI is InChI=1S/C50H31N3S/c1-2-12-32(13-3-1)36-30-43(51-44(31-36)34-26-28-37(29-27-34)53-45-19-9-6-14-38(45)39-15-7-10-20-46(39)53)33-22-24-35(25-23-33)48-40-16-4-5-17-41(40)50-49(52-48)42-18-8-11-21-47(42)54-50/h1-31H. The van der Waals surface area contributed by atoms with Gasteiger partial charge in [0, 0.05) is 54.0 Å². The second-order valence-corrected chi connectivity index (χ2v) is 14.8. The first-order valence-corrected chi connectivity index (χ1v) is 19.1. The van der Waals surface area contributed by atoms with Crippen molar-refractivity contribution in [3.05, 3.63) is 188 Å². The fraction of sp³-hybridized carbons (Fsp3) is 0. The highest BCUT2D eigenvalue weighted by Gasteiger charge is 2.16. The second-order valence-electron chi connectivity index (χ2n) is 13.8. The number of pyridine rings is 2. The zero-order valence-corrected chi connectivity index (χ0v) is 30.0. The van der Waals surface area contributed by atoms with Crippen LogP contribution in [0.3, 0.4) is 0 Å². The summed E-state index contributed by atoms with van der Waals surface area (Å²) in [4.78, 5) is 10.6. The molecule has 0 bridgehead atoms. The first-order chi connectivity index (χ1) is 26.8. The second kappa shape index (κ2) is 12.4. The van der Waals surface area contributed by atoms with Gasteiger partial charge in [-0.25, -0.2) is 9.97 Å². The lowest BCUT2D eigenvalue weighted by atomic mass is 9.98. The molecule has 7 aromatic carbocycles. The maximum absolute atomic E-state index is 5.32. The van der Waals surface area contributed by atoms with Gasteiger partial charge in [0.2, 0.25) is 0 Å². The predicted octanol–water partition coefficient (Wildman–Crippen LogP) is 13.8. The monoisotopic (exact) mass is 705 g/mol. The third kappa shape index (κ3) is 4.96. The molecule has 11 rings (SSSR count). The van der Waals surface area contributed by atoms with Gasteiger partial charge in [-0.1, -0.05) is 146 Å². The average molecular weight is 706 g/mol. The average Bonchev–Trinajstić information content (AvgIpc) is 3.80. The molecule has 4 heteroatoms. The van der Waals surface area contributed by atoms with E-state index in [0.29, 0.717) is 0 Å². The van der Waals surface area contributed by atoms with Crippen molar-refractivity contribution in [2.24, 2.45) is 0 Å². The van der Waals surface area contributed by atoms with Gasteiger partial charge in [0.1, 0.15) is 0 Å². The van der Waals surface area contributed by atoms with Gasteiger partial charge in [-0.3, -0.25) is 0 Å². The molecule has 11 aromatic rings. The van der Waals surface area contributed by atoms with Crippen LogP contribution in [0.1, 0.15) is 0 Å². The summed E-state index contributed by atoms with van der Waals surface area (Å²) in [5.41, 5.74) is 13.0. The lowest BCUT2D eigenvalue weighted by Crippen LogP contribution is -1.95. The van der Waals surface area contributed by atoms with Crippen LogP contribution in [0.15, 0.2) is 188 Å². The molecular weight excluding hydrogens is 675 g/mol. The van der Waals surface area contributed by atoms with E-state index in [-0.39, 0.29) is 0 Å². The predicted molar refractivity (Wildman–Crippen MR) is 229 cm³/mol. The topological polar surface area (TPSA) is 30.7 Å². The Morgan fingerprint density at radius 3 is 1.56 bits per heavy atom. The van der Waals surface area contributed by atoms with Crippen LogP contribution in [0.2, 0.25) is 0 Å². The fourth-order valence-electron chi connectivity index (χ4n) is 8.01. The fourth-order valence-corrected chi connectivity index (χ4v) is 9.19. The van der Waals surface area contributed by atoms with Gasteiger partial charge in [0.05, 0.1) is 38.3 Å².